The molecule has 7 heteroatoms. The van der Waals surface area contributed by atoms with Gasteiger partial charge < -0.3 is 14.7 Å². The Bertz CT molecular complexity index is 490. The number of hydrogen-bond acceptors (Lipinski definition) is 5. The molecule has 0 heterocycles. The van der Waals surface area contributed by atoms with Crippen LogP contribution in [0.1, 0.15) is 19.8 Å². The quantitative estimate of drug-likeness (QED) is 0.581. The SMILES string of the molecule is CCCN(CCC(=O)O)c1ccc(OC)c([N+](=O)[O-])c1. The molecule has 0 atom stereocenters. The zero-order valence-electron chi connectivity index (χ0n) is 11.5. The highest BCUT2D eigenvalue weighted by molar-refractivity contribution is 5.68. The number of carboxylic acid groups (broad SMARTS) is 1. The van der Waals surface area contributed by atoms with Crippen molar-refractivity contribution in [1.29, 1.82) is 0 Å². The first-order valence-electron chi connectivity index (χ1n) is 6.28. The molecule has 0 aromatic heterocycles. The smallest absolute Gasteiger partial charge is 0.312 e. The van der Waals surface area contributed by atoms with Gasteiger partial charge in [-0.15, -0.1) is 0 Å². The summed E-state index contributed by atoms with van der Waals surface area (Å²) in [6, 6.07) is 4.64. The Hall–Kier alpha value is -2.31. The van der Waals surface area contributed by atoms with Crippen LogP contribution in [0, 0.1) is 10.1 Å². The second-order valence-electron chi connectivity index (χ2n) is 4.24. The van der Waals surface area contributed by atoms with Gasteiger partial charge in [-0.2, -0.15) is 0 Å². The minimum absolute atomic E-state index is 0.0141. The summed E-state index contributed by atoms with van der Waals surface area (Å²) in [7, 11) is 1.37. The number of ether oxygens (including phenoxy) is 1. The summed E-state index contributed by atoms with van der Waals surface area (Å²) in [4.78, 5) is 23.0. The van der Waals surface area contributed by atoms with Gasteiger partial charge in [0.2, 0.25) is 0 Å². The third-order valence-corrected chi connectivity index (χ3v) is 2.81. The lowest BCUT2D eigenvalue weighted by Gasteiger charge is -2.23. The number of methoxy groups -OCH3 is 1. The molecule has 0 aliphatic carbocycles. The van der Waals surface area contributed by atoms with Crippen molar-refractivity contribution in [3.8, 4) is 5.75 Å². The zero-order valence-corrected chi connectivity index (χ0v) is 11.5. The van der Waals surface area contributed by atoms with E-state index < -0.39 is 10.9 Å². The topological polar surface area (TPSA) is 92.9 Å². The number of carbonyl (C=O) groups is 1. The summed E-state index contributed by atoms with van der Waals surface area (Å²) in [5, 5.41) is 19.7. The van der Waals surface area contributed by atoms with Gasteiger partial charge in [-0.3, -0.25) is 14.9 Å². The molecule has 1 aromatic carbocycles. The summed E-state index contributed by atoms with van der Waals surface area (Å²) in [5.74, 6) is -0.706. The predicted octanol–water partition coefficient (Wildman–Crippen LogP) is 2.29. The van der Waals surface area contributed by atoms with E-state index >= 15 is 0 Å². The molecule has 0 aliphatic rings. The molecule has 0 radical (unpaired) electrons. The van der Waals surface area contributed by atoms with Crippen molar-refractivity contribution in [3.63, 3.8) is 0 Å². The molecule has 0 aliphatic heterocycles. The molecule has 7 nitrogen and oxygen atoms in total. The molecule has 1 rings (SSSR count). The Morgan fingerprint density at radius 3 is 2.65 bits per heavy atom. The molecule has 0 saturated carbocycles. The number of benzene rings is 1. The van der Waals surface area contributed by atoms with Gasteiger partial charge in [-0.1, -0.05) is 6.92 Å². The van der Waals surface area contributed by atoms with Gasteiger partial charge in [-0.25, -0.2) is 0 Å². The van der Waals surface area contributed by atoms with Gasteiger partial charge >= 0.3 is 11.7 Å². The molecule has 0 spiro atoms. The molecule has 0 amide bonds. The number of carboxylic acids is 1. The van der Waals surface area contributed by atoms with Crippen molar-refractivity contribution in [3.05, 3.63) is 28.3 Å². The molecular formula is C13H18N2O5. The summed E-state index contributed by atoms with van der Waals surface area (Å²) < 4.78 is 4.95. The molecule has 110 valence electrons. The fraction of sp³-hybridized carbons (Fsp3) is 0.462. The fourth-order valence-corrected chi connectivity index (χ4v) is 1.89. The van der Waals surface area contributed by atoms with Crippen molar-refractivity contribution in [2.24, 2.45) is 0 Å². The van der Waals surface area contributed by atoms with Crippen LogP contribution in [0.15, 0.2) is 18.2 Å². The van der Waals surface area contributed by atoms with Gasteiger partial charge in [0.25, 0.3) is 0 Å². The standard InChI is InChI=1S/C13H18N2O5/c1-3-7-14(8-6-13(16)17)10-4-5-12(20-2)11(9-10)15(18)19/h4-5,9H,3,6-8H2,1-2H3,(H,16,17). The Morgan fingerprint density at radius 2 is 2.15 bits per heavy atom. The van der Waals surface area contributed by atoms with Gasteiger partial charge in [0.05, 0.1) is 18.5 Å². The maximum Gasteiger partial charge on any atom is 0.312 e. The third-order valence-electron chi connectivity index (χ3n) is 2.81. The lowest BCUT2D eigenvalue weighted by molar-refractivity contribution is -0.385. The fourth-order valence-electron chi connectivity index (χ4n) is 1.89. The van der Waals surface area contributed by atoms with Gasteiger partial charge in [0.15, 0.2) is 5.75 Å². The molecule has 0 unspecified atom stereocenters. The summed E-state index contributed by atoms with van der Waals surface area (Å²) in [6.45, 7) is 2.91. The Morgan fingerprint density at radius 1 is 1.45 bits per heavy atom. The average Bonchev–Trinajstić information content (AvgIpc) is 2.42. The lowest BCUT2D eigenvalue weighted by Crippen LogP contribution is -2.27. The van der Waals surface area contributed by atoms with Crippen molar-refractivity contribution in [2.75, 3.05) is 25.1 Å². The summed E-state index contributed by atoms with van der Waals surface area (Å²) in [5.41, 5.74) is 0.502. The van der Waals surface area contributed by atoms with Crippen LogP contribution in [0.3, 0.4) is 0 Å². The van der Waals surface area contributed by atoms with Crippen LogP contribution in [0.25, 0.3) is 0 Å². The van der Waals surface area contributed by atoms with Crippen LogP contribution in [-0.4, -0.2) is 36.2 Å². The van der Waals surface area contributed by atoms with E-state index in [9.17, 15) is 14.9 Å². The average molecular weight is 282 g/mol. The molecule has 0 fully saturated rings. The van der Waals surface area contributed by atoms with Crippen LogP contribution >= 0.6 is 0 Å². The molecule has 20 heavy (non-hydrogen) atoms. The summed E-state index contributed by atoms with van der Waals surface area (Å²) in [6.07, 6.45) is 0.805. The number of aliphatic carboxylic acids is 1. The van der Waals surface area contributed by atoms with E-state index in [0.717, 1.165) is 6.42 Å². The monoisotopic (exact) mass is 282 g/mol. The van der Waals surface area contributed by atoms with Crippen molar-refractivity contribution < 1.29 is 19.6 Å². The normalized spacial score (nSPS) is 10.1. The Labute approximate surface area is 116 Å². The minimum Gasteiger partial charge on any atom is -0.490 e. The first-order valence-corrected chi connectivity index (χ1v) is 6.28. The van der Waals surface area contributed by atoms with E-state index in [1.807, 2.05) is 11.8 Å². The van der Waals surface area contributed by atoms with E-state index in [-0.39, 0.29) is 17.9 Å². The summed E-state index contributed by atoms with van der Waals surface area (Å²) >= 11 is 0. The van der Waals surface area contributed by atoms with Crippen LogP contribution in [0.2, 0.25) is 0 Å². The number of nitro benzene ring substituents is 1. The second-order valence-corrected chi connectivity index (χ2v) is 4.24. The van der Waals surface area contributed by atoms with Crippen LogP contribution in [0.5, 0.6) is 5.75 Å². The molecule has 0 saturated heterocycles. The number of hydrogen-bond donors (Lipinski definition) is 1. The number of rotatable bonds is 8. The van der Waals surface area contributed by atoms with E-state index in [0.29, 0.717) is 18.8 Å². The van der Waals surface area contributed by atoms with Crippen LogP contribution in [0.4, 0.5) is 11.4 Å². The maximum absolute atomic E-state index is 11.0. The number of nitro groups is 1. The van der Waals surface area contributed by atoms with Gasteiger partial charge in [0, 0.05) is 24.8 Å². The van der Waals surface area contributed by atoms with Gasteiger partial charge in [0.1, 0.15) is 0 Å². The van der Waals surface area contributed by atoms with E-state index in [1.165, 1.54) is 19.2 Å². The highest BCUT2D eigenvalue weighted by Crippen LogP contribution is 2.31. The highest BCUT2D eigenvalue weighted by atomic mass is 16.6. The molecule has 1 N–H and O–H groups in total. The van der Waals surface area contributed by atoms with Crippen molar-refractivity contribution >= 4 is 17.3 Å². The van der Waals surface area contributed by atoms with Gasteiger partial charge in [-0.05, 0) is 18.6 Å². The first-order chi connectivity index (χ1) is 9.49. The Balaban J connectivity index is 3.03. The first kappa shape index (κ1) is 15.7. The second kappa shape index (κ2) is 7.32. The maximum atomic E-state index is 11.0. The number of nitrogens with zero attached hydrogens (tertiary/aromatic N) is 2. The molecule has 1 aromatic rings. The largest absolute Gasteiger partial charge is 0.490 e. The Kier molecular flexibility index (Phi) is 5.76. The van der Waals surface area contributed by atoms with Crippen molar-refractivity contribution in [2.45, 2.75) is 19.8 Å². The zero-order chi connectivity index (χ0) is 15.1. The van der Waals surface area contributed by atoms with E-state index in [4.69, 9.17) is 9.84 Å². The lowest BCUT2D eigenvalue weighted by atomic mass is 10.2. The minimum atomic E-state index is -0.894. The molecular weight excluding hydrogens is 264 g/mol. The van der Waals surface area contributed by atoms with E-state index in [1.54, 1.807) is 6.07 Å². The van der Waals surface area contributed by atoms with Crippen molar-refractivity contribution in [1.82, 2.24) is 0 Å². The predicted molar refractivity (Wildman–Crippen MR) is 74.4 cm³/mol. The van der Waals surface area contributed by atoms with Crippen LogP contribution < -0.4 is 9.64 Å². The van der Waals surface area contributed by atoms with Crippen LogP contribution in [-0.2, 0) is 4.79 Å². The number of anilines is 1. The molecule has 0 bridgehead atoms. The highest BCUT2D eigenvalue weighted by Gasteiger charge is 2.18. The van der Waals surface area contributed by atoms with E-state index in [2.05, 4.69) is 0 Å². The third kappa shape index (κ3) is 4.11.